The van der Waals surface area contributed by atoms with Gasteiger partial charge in [-0.15, -0.1) is 0 Å². The summed E-state index contributed by atoms with van der Waals surface area (Å²) < 4.78 is 26.9. The highest BCUT2D eigenvalue weighted by Gasteiger charge is 2.59. The second-order valence-electron chi connectivity index (χ2n) is 10.5. The molecule has 0 aromatic heterocycles. The Bertz CT molecular complexity index is 1130. The summed E-state index contributed by atoms with van der Waals surface area (Å²) in [6, 6.07) is 7.97. The van der Waals surface area contributed by atoms with Gasteiger partial charge in [-0.05, 0) is 77.1 Å². The van der Waals surface area contributed by atoms with Crippen molar-refractivity contribution >= 4 is 21.7 Å². The molecular weight excluding hydrogens is 452 g/mol. The lowest BCUT2D eigenvalue weighted by Gasteiger charge is -2.37. The number of amides is 2. The molecule has 0 spiro atoms. The van der Waals surface area contributed by atoms with Gasteiger partial charge in [0.1, 0.15) is 17.1 Å². The van der Waals surface area contributed by atoms with Crippen molar-refractivity contribution in [2.45, 2.75) is 85.6 Å². The number of carbonyl (C=O) groups excluding carboxylic acids is 2. The first-order valence-electron chi connectivity index (χ1n) is 12.3. The van der Waals surface area contributed by atoms with E-state index in [2.05, 4.69) is 16.3 Å². The lowest BCUT2D eigenvalue weighted by atomic mass is 10.1. The van der Waals surface area contributed by atoms with Gasteiger partial charge >= 0.3 is 0 Å². The molecule has 182 valence electrons. The van der Waals surface area contributed by atoms with Crippen LogP contribution < -0.4 is 5.32 Å². The van der Waals surface area contributed by atoms with Crippen molar-refractivity contribution in [1.82, 2.24) is 15.1 Å². The summed E-state index contributed by atoms with van der Waals surface area (Å²) in [5.41, 5.74) is -0.513. The number of likely N-dealkylation sites (tertiary alicyclic amines) is 2. The molecule has 0 bridgehead atoms. The fourth-order valence-electron chi connectivity index (χ4n) is 5.50. The number of hydrogen-bond donors (Lipinski definition) is 1. The molecule has 34 heavy (non-hydrogen) atoms. The van der Waals surface area contributed by atoms with Gasteiger partial charge in [-0.1, -0.05) is 24.1 Å². The quantitative estimate of drug-likeness (QED) is 0.661. The third kappa shape index (κ3) is 4.01. The molecule has 0 unspecified atom stereocenters. The second kappa shape index (κ2) is 8.35. The van der Waals surface area contributed by atoms with E-state index in [1.54, 1.807) is 24.3 Å². The number of carbonyl (C=O) groups is 2. The predicted octanol–water partition coefficient (Wildman–Crippen LogP) is 1.93. The van der Waals surface area contributed by atoms with Crippen LogP contribution >= 0.6 is 0 Å². The van der Waals surface area contributed by atoms with Gasteiger partial charge in [-0.2, -0.15) is 5.26 Å². The molecule has 2 heterocycles. The highest BCUT2D eigenvalue weighted by molar-refractivity contribution is 7.92. The van der Waals surface area contributed by atoms with Crippen molar-refractivity contribution < 1.29 is 18.0 Å². The molecule has 9 heteroatoms. The van der Waals surface area contributed by atoms with Gasteiger partial charge in [-0.25, -0.2) is 8.42 Å². The van der Waals surface area contributed by atoms with Crippen LogP contribution in [0.4, 0.5) is 0 Å². The Kier molecular flexibility index (Phi) is 5.72. The minimum Gasteiger partial charge on any atom is -0.336 e. The van der Waals surface area contributed by atoms with Crippen LogP contribution in [0.3, 0.4) is 0 Å². The van der Waals surface area contributed by atoms with Gasteiger partial charge in [-0.3, -0.25) is 14.5 Å². The minimum atomic E-state index is -3.72. The van der Waals surface area contributed by atoms with Crippen molar-refractivity contribution in [3.05, 3.63) is 29.8 Å². The fraction of sp³-hybridized carbons (Fsp3) is 0.640. The van der Waals surface area contributed by atoms with Gasteiger partial charge < -0.3 is 10.2 Å². The van der Waals surface area contributed by atoms with E-state index in [1.165, 1.54) is 4.90 Å². The van der Waals surface area contributed by atoms with Crippen LogP contribution in [0.1, 0.15) is 56.9 Å². The summed E-state index contributed by atoms with van der Waals surface area (Å²) in [6.45, 7) is 3.62. The third-order valence-corrected chi connectivity index (χ3v) is 10.2. The molecule has 5 rings (SSSR count). The first-order chi connectivity index (χ1) is 16.2. The van der Waals surface area contributed by atoms with E-state index in [1.807, 2.05) is 6.92 Å². The summed E-state index contributed by atoms with van der Waals surface area (Å²) in [5, 5.41) is 11.4. The monoisotopic (exact) mass is 484 g/mol. The molecule has 4 aliphatic rings. The lowest BCUT2D eigenvalue weighted by molar-refractivity contribution is -0.144. The third-order valence-electron chi connectivity index (χ3n) is 8.02. The molecule has 2 aliphatic carbocycles. The Labute approximate surface area is 201 Å². The van der Waals surface area contributed by atoms with E-state index < -0.39 is 38.1 Å². The van der Waals surface area contributed by atoms with Crippen molar-refractivity contribution in [2.75, 3.05) is 19.6 Å². The Morgan fingerprint density at radius 2 is 1.71 bits per heavy atom. The number of aryl methyl sites for hydroxylation is 1. The molecular formula is C25H32N4O4S. The summed E-state index contributed by atoms with van der Waals surface area (Å²) in [7, 11) is -3.72. The van der Waals surface area contributed by atoms with Crippen molar-refractivity contribution in [2.24, 2.45) is 0 Å². The molecule has 2 saturated heterocycles. The van der Waals surface area contributed by atoms with Crippen LogP contribution in [0.5, 0.6) is 0 Å². The Morgan fingerprint density at radius 3 is 2.26 bits per heavy atom. The number of piperidine rings is 1. The number of nitriles is 1. The van der Waals surface area contributed by atoms with E-state index in [4.69, 9.17) is 0 Å². The molecule has 2 atom stereocenters. The number of nitrogens with zero attached hydrogens (tertiary/aromatic N) is 3. The first kappa shape index (κ1) is 23.3. The van der Waals surface area contributed by atoms with Crippen LogP contribution in [0.15, 0.2) is 29.2 Å². The number of hydrogen-bond acceptors (Lipinski definition) is 6. The van der Waals surface area contributed by atoms with E-state index in [9.17, 15) is 23.3 Å². The molecule has 0 radical (unpaired) electrons. The topological polar surface area (TPSA) is 111 Å². The average molecular weight is 485 g/mol. The molecule has 8 nitrogen and oxygen atoms in total. The van der Waals surface area contributed by atoms with Crippen LogP contribution in [0.25, 0.3) is 0 Å². The molecule has 2 saturated carbocycles. The summed E-state index contributed by atoms with van der Waals surface area (Å²) in [6.07, 6.45) is 5.95. The predicted molar refractivity (Wildman–Crippen MR) is 125 cm³/mol. The largest absolute Gasteiger partial charge is 0.336 e. The van der Waals surface area contributed by atoms with Gasteiger partial charge in [0.05, 0.1) is 16.2 Å². The molecule has 1 aromatic rings. The molecule has 2 amide bonds. The maximum atomic E-state index is 13.9. The van der Waals surface area contributed by atoms with Crippen LogP contribution in [0, 0.1) is 18.3 Å². The van der Waals surface area contributed by atoms with Crippen molar-refractivity contribution in [3.8, 4) is 6.07 Å². The standard InChI is InChI=1S/C25H32N4O4S/c1-18-5-7-19(8-6-18)34(32,33)20-15-21(22(30)27-24(17-26)9-10-24)29(16-20)23(31)25(11-12-25)28-13-3-2-4-14-28/h5-8,20-21H,2-4,9-16H2,1H3,(H,27,30)/t20-,21+/m1/s1. The van der Waals surface area contributed by atoms with Gasteiger partial charge in [0.15, 0.2) is 9.84 Å². The summed E-state index contributed by atoms with van der Waals surface area (Å²) in [5.74, 6) is -0.540. The normalized spacial score (nSPS) is 27.6. The molecule has 1 aromatic carbocycles. The average Bonchev–Trinajstić information content (AvgIpc) is 3.76. The lowest BCUT2D eigenvalue weighted by Crippen LogP contribution is -2.57. The fourth-order valence-corrected chi connectivity index (χ4v) is 7.19. The SMILES string of the molecule is Cc1ccc(S(=O)(=O)[C@@H]2C[C@@H](C(=O)NC3(C#N)CC3)N(C(=O)C3(N4CCCCC4)CC3)C2)cc1. The maximum Gasteiger partial charge on any atom is 0.244 e. The Balaban J connectivity index is 1.43. The number of benzene rings is 1. The van der Waals surface area contributed by atoms with Crippen molar-refractivity contribution in [1.29, 1.82) is 5.26 Å². The number of rotatable bonds is 6. The second-order valence-corrected chi connectivity index (χ2v) is 12.7. The zero-order valence-corrected chi connectivity index (χ0v) is 20.4. The number of sulfone groups is 1. The highest BCUT2D eigenvalue weighted by atomic mass is 32.2. The van der Waals surface area contributed by atoms with E-state index in [-0.39, 0.29) is 23.8 Å². The van der Waals surface area contributed by atoms with E-state index in [0.29, 0.717) is 12.8 Å². The van der Waals surface area contributed by atoms with Crippen molar-refractivity contribution in [3.63, 3.8) is 0 Å². The zero-order valence-electron chi connectivity index (χ0n) is 19.6. The highest BCUT2D eigenvalue weighted by Crippen LogP contribution is 2.46. The minimum absolute atomic E-state index is 0.00226. The van der Waals surface area contributed by atoms with E-state index in [0.717, 1.165) is 50.8 Å². The van der Waals surface area contributed by atoms with E-state index >= 15 is 0 Å². The Hall–Kier alpha value is -2.44. The molecule has 4 fully saturated rings. The van der Waals surface area contributed by atoms with Crippen LogP contribution in [-0.4, -0.2) is 72.0 Å². The first-order valence-corrected chi connectivity index (χ1v) is 13.9. The zero-order chi connectivity index (χ0) is 24.1. The van der Waals surface area contributed by atoms with Crippen LogP contribution in [0.2, 0.25) is 0 Å². The maximum absolute atomic E-state index is 13.9. The Morgan fingerprint density at radius 1 is 1.06 bits per heavy atom. The molecule has 1 N–H and O–H groups in total. The molecule has 2 aliphatic heterocycles. The van der Waals surface area contributed by atoms with Crippen LogP contribution in [-0.2, 0) is 19.4 Å². The summed E-state index contributed by atoms with van der Waals surface area (Å²) >= 11 is 0. The smallest absolute Gasteiger partial charge is 0.244 e. The van der Waals surface area contributed by atoms with Gasteiger partial charge in [0.2, 0.25) is 11.8 Å². The number of nitrogens with one attached hydrogen (secondary N) is 1. The summed E-state index contributed by atoms with van der Waals surface area (Å²) in [4.78, 5) is 31.2. The van der Waals surface area contributed by atoms with Gasteiger partial charge in [0.25, 0.3) is 0 Å². The van der Waals surface area contributed by atoms with Gasteiger partial charge in [0, 0.05) is 6.54 Å².